The highest BCUT2D eigenvalue weighted by molar-refractivity contribution is 5.86. The lowest BCUT2D eigenvalue weighted by molar-refractivity contribution is -0.121. The number of pyridine rings is 1. The van der Waals surface area contributed by atoms with E-state index in [9.17, 15) is 9.18 Å². The smallest absolute Gasteiger partial charge is 0.243 e. The van der Waals surface area contributed by atoms with Crippen molar-refractivity contribution in [2.24, 2.45) is 5.73 Å². The van der Waals surface area contributed by atoms with Crippen LogP contribution in [-0.4, -0.2) is 26.0 Å². The molecule has 2 rings (SSSR count). The predicted octanol–water partition coefficient (Wildman–Crippen LogP) is 0.544. The molecule has 0 saturated heterocycles. The molecule has 0 radical (unpaired) electrons. The summed E-state index contributed by atoms with van der Waals surface area (Å²) < 4.78 is 14.2. The Morgan fingerprint density at radius 2 is 2.24 bits per heavy atom. The number of carbonyl (C=O) groups is 1. The number of amides is 1. The van der Waals surface area contributed by atoms with Crippen LogP contribution in [0.2, 0.25) is 0 Å². The first kappa shape index (κ1) is 11.3. The summed E-state index contributed by atoms with van der Waals surface area (Å²) in [6, 6.07) is 2.78. The zero-order valence-corrected chi connectivity index (χ0v) is 9.44. The summed E-state index contributed by atoms with van der Waals surface area (Å²) in [5.74, 6) is -0.718. The highest BCUT2D eigenvalue weighted by atomic mass is 19.1. The molecule has 2 heterocycles. The molecule has 0 atom stereocenters. The Hall–Kier alpha value is -2.18. The highest BCUT2D eigenvalue weighted by Gasteiger charge is 2.26. The SMILES string of the molecule is CC(C)(Nc1nc2ccc(F)cn2n1)C(N)=O. The van der Waals surface area contributed by atoms with Gasteiger partial charge < -0.3 is 11.1 Å². The van der Waals surface area contributed by atoms with Crippen LogP contribution in [0.1, 0.15) is 13.8 Å². The van der Waals surface area contributed by atoms with Crippen molar-refractivity contribution in [1.29, 1.82) is 0 Å². The maximum absolute atomic E-state index is 12.9. The van der Waals surface area contributed by atoms with E-state index in [1.54, 1.807) is 13.8 Å². The van der Waals surface area contributed by atoms with Gasteiger partial charge in [0.05, 0.1) is 6.20 Å². The van der Waals surface area contributed by atoms with Crippen LogP contribution in [0.25, 0.3) is 5.65 Å². The molecule has 3 N–H and O–H groups in total. The highest BCUT2D eigenvalue weighted by Crippen LogP contribution is 2.12. The lowest BCUT2D eigenvalue weighted by Crippen LogP contribution is -2.45. The van der Waals surface area contributed by atoms with Gasteiger partial charge in [0.25, 0.3) is 0 Å². The van der Waals surface area contributed by atoms with Gasteiger partial charge in [-0.15, -0.1) is 5.10 Å². The van der Waals surface area contributed by atoms with E-state index in [2.05, 4.69) is 15.4 Å². The van der Waals surface area contributed by atoms with Gasteiger partial charge in [-0.05, 0) is 26.0 Å². The van der Waals surface area contributed by atoms with Crippen LogP contribution in [0.4, 0.5) is 10.3 Å². The zero-order chi connectivity index (χ0) is 12.6. The molecule has 0 aliphatic carbocycles. The lowest BCUT2D eigenvalue weighted by atomic mass is 10.1. The van der Waals surface area contributed by atoms with Crippen LogP contribution in [-0.2, 0) is 4.79 Å². The number of carbonyl (C=O) groups excluding carboxylic acids is 1. The molecule has 90 valence electrons. The van der Waals surface area contributed by atoms with E-state index in [-0.39, 0.29) is 5.95 Å². The number of hydrogen-bond acceptors (Lipinski definition) is 4. The number of hydrogen-bond donors (Lipinski definition) is 2. The van der Waals surface area contributed by atoms with E-state index in [1.807, 2.05) is 0 Å². The molecule has 0 saturated carbocycles. The molecule has 0 fully saturated rings. The summed E-state index contributed by atoms with van der Waals surface area (Å²) in [5.41, 5.74) is 4.72. The Kier molecular flexibility index (Phi) is 2.45. The van der Waals surface area contributed by atoms with Gasteiger partial charge >= 0.3 is 0 Å². The molecule has 1 amide bonds. The number of nitrogens with zero attached hydrogens (tertiary/aromatic N) is 3. The van der Waals surface area contributed by atoms with Crippen molar-refractivity contribution in [2.45, 2.75) is 19.4 Å². The van der Waals surface area contributed by atoms with Crippen molar-refractivity contribution in [2.75, 3.05) is 5.32 Å². The number of halogens is 1. The van der Waals surface area contributed by atoms with Crippen molar-refractivity contribution >= 4 is 17.5 Å². The number of fused-ring (bicyclic) bond motifs is 1. The normalized spacial score (nSPS) is 11.7. The Bertz CT molecular complexity index is 577. The van der Waals surface area contributed by atoms with E-state index in [0.717, 1.165) is 0 Å². The van der Waals surface area contributed by atoms with Crippen LogP contribution in [0.15, 0.2) is 18.3 Å². The van der Waals surface area contributed by atoms with E-state index in [0.29, 0.717) is 5.65 Å². The Labute approximate surface area is 96.6 Å². The first-order chi connectivity index (χ1) is 7.88. The number of aromatic nitrogens is 3. The summed E-state index contributed by atoms with van der Waals surface area (Å²) in [6.07, 6.45) is 1.20. The number of rotatable bonds is 3. The van der Waals surface area contributed by atoms with Crippen molar-refractivity contribution < 1.29 is 9.18 Å². The van der Waals surface area contributed by atoms with Crippen LogP contribution in [0.3, 0.4) is 0 Å². The van der Waals surface area contributed by atoms with E-state index < -0.39 is 17.3 Å². The van der Waals surface area contributed by atoms with Crippen LogP contribution >= 0.6 is 0 Å². The molecular weight excluding hydrogens is 225 g/mol. The number of nitrogens with two attached hydrogens (primary N) is 1. The van der Waals surface area contributed by atoms with Gasteiger partial charge in [0.2, 0.25) is 11.9 Å². The van der Waals surface area contributed by atoms with E-state index in [1.165, 1.54) is 22.8 Å². The number of anilines is 1. The molecule has 0 aliphatic rings. The van der Waals surface area contributed by atoms with Crippen LogP contribution in [0, 0.1) is 5.82 Å². The molecule has 2 aromatic heterocycles. The monoisotopic (exact) mass is 237 g/mol. The maximum Gasteiger partial charge on any atom is 0.243 e. The second kappa shape index (κ2) is 3.69. The maximum atomic E-state index is 12.9. The first-order valence-corrected chi connectivity index (χ1v) is 4.98. The zero-order valence-electron chi connectivity index (χ0n) is 9.44. The fourth-order valence-electron chi connectivity index (χ4n) is 1.25. The number of primary amides is 1. The molecule has 2 aromatic rings. The van der Waals surface area contributed by atoms with Gasteiger partial charge in [-0.25, -0.2) is 8.91 Å². The van der Waals surface area contributed by atoms with E-state index >= 15 is 0 Å². The minimum atomic E-state index is -0.969. The minimum Gasteiger partial charge on any atom is -0.368 e. The third-order valence-electron chi connectivity index (χ3n) is 2.34. The second-order valence-electron chi connectivity index (χ2n) is 4.20. The third kappa shape index (κ3) is 2.17. The summed E-state index contributed by atoms with van der Waals surface area (Å²) >= 11 is 0. The summed E-state index contributed by atoms with van der Waals surface area (Å²) in [5, 5.41) is 6.77. The minimum absolute atomic E-state index is 0.222. The average Bonchev–Trinajstić information content (AvgIpc) is 2.57. The van der Waals surface area contributed by atoms with Crippen molar-refractivity contribution in [3.8, 4) is 0 Å². The molecule has 0 unspecified atom stereocenters. The summed E-state index contributed by atoms with van der Waals surface area (Å²) in [4.78, 5) is 15.2. The van der Waals surface area contributed by atoms with Crippen molar-refractivity contribution in [1.82, 2.24) is 14.6 Å². The Morgan fingerprint density at radius 3 is 2.88 bits per heavy atom. The van der Waals surface area contributed by atoms with Crippen molar-refractivity contribution in [3.63, 3.8) is 0 Å². The fourth-order valence-corrected chi connectivity index (χ4v) is 1.25. The van der Waals surface area contributed by atoms with Gasteiger partial charge in [0.1, 0.15) is 11.4 Å². The Morgan fingerprint density at radius 1 is 1.53 bits per heavy atom. The molecule has 0 spiro atoms. The molecule has 17 heavy (non-hydrogen) atoms. The largest absolute Gasteiger partial charge is 0.368 e. The lowest BCUT2D eigenvalue weighted by Gasteiger charge is -2.20. The topological polar surface area (TPSA) is 85.3 Å². The van der Waals surface area contributed by atoms with Crippen LogP contribution in [0.5, 0.6) is 0 Å². The second-order valence-corrected chi connectivity index (χ2v) is 4.20. The summed E-state index contributed by atoms with van der Waals surface area (Å²) in [7, 11) is 0. The fraction of sp³-hybridized carbons (Fsp3) is 0.300. The molecule has 6 nitrogen and oxygen atoms in total. The molecule has 7 heteroatoms. The molecule has 0 bridgehead atoms. The van der Waals surface area contributed by atoms with Gasteiger partial charge in [0, 0.05) is 0 Å². The van der Waals surface area contributed by atoms with Gasteiger partial charge in [-0.2, -0.15) is 4.98 Å². The molecule has 0 aromatic carbocycles. The quantitative estimate of drug-likeness (QED) is 0.816. The van der Waals surface area contributed by atoms with Gasteiger partial charge in [-0.1, -0.05) is 0 Å². The standard InChI is InChI=1S/C10H12FN5O/c1-10(2,8(12)17)14-9-13-7-4-3-6(11)5-16(7)15-9/h3-5H,1-2H3,(H2,12,17)(H,14,15). The molecular formula is C10H12FN5O. The first-order valence-electron chi connectivity index (χ1n) is 4.98. The molecule has 0 aliphatic heterocycles. The summed E-state index contributed by atoms with van der Waals surface area (Å²) in [6.45, 7) is 3.23. The predicted molar refractivity (Wildman–Crippen MR) is 59.8 cm³/mol. The third-order valence-corrected chi connectivity index (χ3v) is 2.34. The van der Waals surface area contributed by atoms with E-state index in [4.69, 9.17) is 5.73 Å². The van der Waals surface area contributed by atoms with Gasteiger partial charge in [-0.3, -0.25) is 4.79 Å². The van der Waals surface area contributed by atoms with Gasteiger partial charge in [0.15, 0.2) is 5.65 Å². The number of nitrogens with one attached hydrogen (secondary N) is 1. The average molecular weight is 237 g/mol. The Balaban J connectivity index is 2.34. The van der Waals surface area contributed by atoms with Crippen LogP contribution < -0.4 is 11.1 Å². The van der Waals surface area contributed by atoms with Crippen molar-refractivity contribution in [3.05, 3.63) is 24.1 Å².